The average Bonchev–Trinajstić information content (AvgIpc) is 3.24. The van der Waals surface area contributed by atoms with Crippen LogP contribution in [0.1, 0.15) is 15.9 Å². The molecule has 1 aliphatic heterocycles. The number of carbonyl (C=O) groups excluding carboxylic acids is 1. The summed E-state index contributed by atoms with van der Waals surface area (Å²) in [6.45, 7) is 0.224. The molecule has 0 aliphatic carbocycles. The topological polar surface area (TPSA) is 44.1 Å². The van der Waals surface area contributed by atoms with E-state index in [0.29, 0.717) is 38.6 Å². The molecule has 4 aromatic rings. The Labute approximate surface area is 158 Å². The Morgan fingerprint density at radius 2 is 1.93 bits per heavy atom. The van der Waals surface area contributed by atoms with Gasteiger partial charge in [-0.3, -0.25) is 9.36 Å². The molecule has 27 heavy (non-hydrogen) atoms. The number of pyridine rings is 1. The minimum absolute atomic E-state index is 0.224. The lowest BCUT2D eigenvalue weighted by atomic mass is 10.1. The third-order valence-electron chi connectivity index (χ3n) is 4.62. The first-order chi connectivity index (χ1) is 13.1. The Morgan fingerprint density at radius 1 is 1.11 bits per heavy atom. The lowest BCUT2D eigenvalue weighted by Crippen LogP contribution is -2.08. The molecule has 0 saturated heterocycles. The van der Waals surface area contributed by atoms with Crippen LogP contribution in [0.5, 0.6) is 5.75 Å². The molecule has 6 heteroatoms. The van der Waals surface area contributed by atoms with E-state index in [1.165, 1.54) is 16.7 Å². The van der Waals surface area contributed by atoms with Crippen LogP contribution in [0.15, 0.2) is 60.8 Å². The van der Waals surface area contributed by atoms with Crippen LogP contribution < -0.4 is 4.74 Å². The number of ether oxygens (including phenoxy) is 1. The summed E-state index contributed by atoms with van der Waals surface area (Å²) in [6, 6.07) is 15.1. The van der Waals surface area contributed by atoms with Crippen LogP contribution in [0.25, 0.3) is 22.3 Å². The number of aromatic nitrogens is 2. The molecule has 0 bridgehead atoms. The predicted molar refractivity (Wildman–Crippen MR) is 101 cm³/mol. The zero-order valence-corrected chi connectivity index (χ0v) is 14.7. The van der Waals surface area contributed by atoms with Crippen LogP contribution in [0.2, 0.25) is 5.02 Å². The van der Waals surface area contributed by atoms with E-state index in [2.05, 4.69) is 4.98 Å². The molecule has 0 spiro atoms. The molecule has 0 atom stereocenters. The summed E-state index contributed by atoms with van der Waals surface area (Å²) >= 11 is 5.92. The number of hydrogen-bond donors (Lipinski definition) is 0. The molecule has 0 amide bonds. The molecule has 2 aromatic carbocycles. The fourth-order valence-corrected chi connectivity index (χ4v) is 3.47. The van der Waals surface area contributed by atoms with E-state index in [1.54, 1.807) is 30.5 Å². The van der Waals surface area contributed by atoms with E-state index in [9.17, 15) is 9.18 Å². The fourth-order valence-electron chi connectivity index (χ4n) is 3.35. The van der Waals surface area contributed by atoms with Gasteiger partial charge in [0.2, 0.25) is 0 Å². The Bertz CT molecular complexity index is 1220. The molecule has 5 rings (SSSR count). The van der Waals surface area contributed by atoms with Crippen molar-refractivity contribution in [2.45, 2.75) is 6.61 Å². The smallest absolute Gasteiger partial charge is 0.268 e. The third kappa shape index (κ3) is 2.51. The molecule has 1 aliphatic rings. The zero-order chi connectivity index (χ0) is 18.5. The number of fused-ring (bicyclic) bond motifs is 4. The van der Waals surface area contributed by atoms with Crippen molar-refractivity contribution in [1.29, 1.82) is 0 Å². The van der Waals surface area contributed by atoms with Crippen molar-refractivity contribution in [2.24, 2.45) is 0 Å². The lowest BCUT2D eigenvalue weighted by molar-refractivity contribution is 0.0965. The summed E-state index contributed by atoms with van der Waals surface area (Å²) in [6.07, 6.45) is 1.69. The van der Waals surface area contributed by atoms with Crippen molar-refractivity contribution < 1.29 is 13.9 Å². The summed E-state index contributed by atoms with van der Waals surface area (Å²) in [4.78, 5) is 17.5. The highest BCUT2D eigenvalue weighted by Gasteiger charge is 2.32. The highest BCUT2D eigenvalue weighted by molar-refractivity contribution is 6.30. The zero-order valence-electron chi connectivity index (χ0n) is 13.9. The summed E-state index contributed by atoms with van der Waals surface area (Å²) in [5, 5.41) is 1.10. The van der Waals surface area contributed by atoms with Gasteiger partial charge in [-0.15, -0.1) is 0 Å². The fraction of sp³-hybridized carbons (Fsp3) is 0.0476. The first-order valence-electron chi connectivity index (χ1n) is 8.35. The number of rotatable bonds is 3. The second-order valence-corrected chi connectivity index (χ2v) is 6.75. The highest BCUT2D eigenvalue weighted by Crippen LogP contribution is 2.41. The van der Waals surface area contributed by atoms with Gasteiger partial charge in [0.15, 0.2) is 0 Å². The second kappa shape index (κ2) is 5.93. The van der Waals surface area contributed by atoms with Gasteiger partial charge in [0.05, 0.1) is 11.2 Å². The quantitative estimate of drug-likeness (QED) is 0.440. The maximum Gasteiger partial charge on any atom is 0.268 e. The molecule has 4 nitrogen and oxygen atoms in total. The van der Waals surface area contributed by atoms with Crippen molar-refractivity contribution >= 4 is 28.4 Å². The monoisotopic (exact) mass is 378 g/mol. The molecule has 0 saturated carbocycles. The van der Waals surface area contributed by atoms with Gasteiger partial charge in [0.1, 0.15) is 29.4 Å². The van der Waals surface area contributed by atoms with Crippen LogP contribution >= 0.6 is 11.6 Å². The number of halogens is 2. The first-order valence-corrected chi connectivity index (χ1v) is 8.72. The van der Waals surface area contributed by atoms with E-state index in [4.69, 9.17) is 16.3 Å². The van der Waals surface area contributed by atoms with Crippen LogP contribution in [0, 0.1) is 5.82 Å². The Morgan fingerprint density at radius 3 is 2.74 bits per heavy atom. The van der Waals surface area contributed by atoms with Crippen LogP contribution in [0.4, 0.5) is 4.39 Å². The molecule has 0 N–H and O–H groups in total. The van der Waals surface area contributed by atoms with Crippen molar-refractivity contribution in [2.75, 3.05) is 0 Å². The number of hydrogen-bond acceptors (Lipinski definition) is 3. The Balaban J connectivity index is 1.68. The van der Waals surface area contributed by atoms with Gasteiger partial charge in [-0.2, -0.15) is 0 Å². The number of carbonyl (C=O) groups is 1. The molecule has 132 valence electrons. The van der Waals surface area contributed by atoms with Gasteiger partial charge in [0.25, 0.3) is 5.91 Å². The maximum atomic E-state index is 13.9. The van der Waals surface area contributed by atoms with Gasteiger partial charge >= 0.3 is 0 Å². The van der Waals surface area contributed by atoms with E-state index < -0.39 is 5.82 Å². The van der Waals surface area contributed by atoms with Crippen molar-refractivity contribution in [3.05, 3.63) is 82.8 Å². The molecule has 0 radical (unpaired) electrons. The van der Waals surface area contributed by atoms with Gasteiger partial charge in [0, 0.05) is 16.6 Å². The van der Waals surface area contributed by atoms with Gasteiger partial charge in [-0.1, -0.05) is 23.7 Å². The summed E-state index contributed by atoms with van der Waals surface area (Å²) < 4.78 is 21.4. The van der Waals surface area contributed by atoms with Crippen molar-refractivity contribution in [3.8, 4) is 17.1 Å². The van der Waals surface area contributed by atoms with Crippen LogP contribution in [-0.4, -0.2) is 15.5 Å². The highest BCUT2D eigenvalue weighted by atomic mass is 35.5. The first kappa shape index (κ1) is 16.0. The number of nitrogens with zero attached hydrogens (tertiary/aromatic N) is 2. The standard InChI is InChI=1S/C21H12ClFN2O2/c22-13-5-3-12(4-6-13)11-27-20-15-10-14(23)7-8-16(15)24-19-17-2-1-9-25(17)21(26)18(19)20/h1-10H,11H2. The summed E-state index contributed by atoms with van der Waals surface area (Å²) in [5.41, 5.74) is 3.08. The van der Waals surface area contributed by atoms with E-state index in [1.807, 2.05) is 18.2 Å². The predicted octanol–water partition coefficient (Wildman–Crippen LogP) is 5.08. The molecular formula is C21H12ClFN2O2. The molecular weight excluding hydrogens is 367 g/mol. The number of benzene rings is 2. The second-order valence-electron chi connectivity index (χ2n) is 6.31. The Hall–Kier alpha value is -3.18. The van der Waals surface area contributed by atoms with Crippen molar-refractivity contribution in [3.63, 3.8) is 0 Å². The maximum absolute atomic E-state index is 13.9. The third-order valence-corrected chi connectivity index (χ3v) is 4.87. The van der Waals surface area contributed by atoms with Crippen molar-refractivity contribution in [1.82, 2.24) is 9.55 Å². The largest absolute Gasteiger partial charge is 0.487 e. The summed E-state index contributed by atoms with van der Waals surface area (Å²) in [5.74, 6) is -0.293. The average molecular weight is 379 g/mol. The molecule has 0 unspecified atom stereocenters. The lowest BCUT2D eigenvalue weighted by Gasteiger charge is -2.13. The van der Waals surface area contributed by atoms with Gasteiger partial charge < -0.3 is 4.74 Å². The van der Waals surface area contributed by atoms with E-state index in [-0.39, 0.29) is 12.5 Å². The minimum Gasteiger partial charge on any atom is -0.487 e. The normalized spacial score (nSPS) is 12.3. The SMILES string of the molecule is O=C1c2c(nc3ccc(F)cc3c2OCc2ccc(Cl)cc2)-c2cccn21. The molecule has 3 heterocycles. The van der Waals surface area contributed by atoms with Crippen LogP contribution in [-0.2, 0) is 6.61 Å². The molecule has 0 fully saturated rings. The van der Waals surface area contributed by atoms with E-state index >= 15 is 0 Å². The summed E-state index contributed by atoms with van der Waals surface area (Å²) in [7, 11) is 0. The Kier molecular flexibility index (Phi) is 3.52. The minimum atomic E-state index is -0.411. The van der Waals surface area contributed by atoms with Gasteiger partial charge in [-0.25, -0.2) is 9.37 Å². The van der Waals surface area contributed by atoms with Crippen LogP contribution in [0.3, 0.4) is 0 Å². The van der Waals surface area contributed by atoms with Gasteiger partial charge in [-0.05, 0) is 48.0 Å². The molecule has 2 aromatic heterocycles. The van der Waals surface area contributed by atoms with E-state index in [0.717, 1.165) is 5.56 Å².